The van der Waals surface area contributed by atoms with Crippen LogP contribution in [0.4, 0.5) is 0 Å². The van der Waals surface area contributed by atoms with Crippen LogP contribution in [0.2, 0.25) is 0 Å². The predicted octanol–water partition coefficient (Wildman–Crippen LogP) is 7.14. The number of carbonyl (C=O) groups excluding carboxylic acids is 1. The fourth-order valence-corrected chi connectivity index (χ4v) is 6.89. The van der Waals surface area contributed by atoms with Gasteiger partial charge in [0.25, 0.3) is 5.91 Å². The number of benzene rings is 5. The van der Waals surface area contributed by atoms with E-state index in [4.69, 9.17) is 9.47 Å². The Morgan fingerprint density at radius 3 is 2.06 bits per heavy atom. The summed E-state index contributed by atoms with van der Waals surface area (Å²) in [4.78, 5) is 17.7. The van der Waals surface area contributed by atoms with Gasteiger partial charge in [0, 0.05) is 63.4 Å². The summed E-state index contributed by atoms with van der Waals surface area (Å²) in [6.45, 7) is 6.37. The third kappa shape index (κ3) is 8.74. The van der Waals surface area contributed by atoms with Crippen molar-refractivity contribution < 1.29 is 19.4 Å². The van der Waals surface area contributed by atoms with E-state index in [1.807, 2.05) is 54.6 Å². The number of aliphatic hydroxyl groups excluding tert-OH is 1. The Bertz CT molecular complexity index is 1820. The van der Waals surface area contributed by atoms with Crippen LogP contribution in [-0.2, 0) is 29.2 Å². The summed E-state index contributed by atoms with van der Waals surface area (Å²) in [6, 6.07) is 44.7. The highest BCUT2D eigenvalue weighted by atomic mass is 16.7. The van der Waals surface area contributed by atoms with Crippen LogP contribution in [0.15, 0.2) is 133 Å². The third-order valence-electron chi connectivity index (χ3n) is 9.70. The van der Waals surface area contributed by atoms with Crippen LogP contribution in [0.3, 0.4) is 0 Å². The van der Waals surface area contributed by atoms with Gasteiger partial charge in [0.1, 0.15) is 0 Å². The predicted molar refractivity (Wildman–Crippen MR) is 196 cm³/mol. The molecule has 7 heteroatoms. The second-order valence-electron chi connectivity index (χ2n) is 13.3. The van der Waals surface area contributed by atoms with Gasteiger partial charge in [0.05, 0.1) is 18.8 Å². The summed E-state index contributed by atoms with van der Waals surface area (Å²) in [6.07, 6.45) is 0.0995. The Kier molecular flexibility index (Phi) is 11.1. The van der Waals surface area contributed by atoms with Gasteiger partial charge >= 0.3 is 0 Å². The Morgan fingerprint density at radius 1 is 0.660 bits per heavy atom. The second-order valence-corrected chi connectivity index (χ2v) is 13.3. The number of aliphatic hydroxyl groups is 1. The molecular weight excluding hydrogens is 622 g/mol. The molecule has 2 aliphatic heterocycles. The van der Waals surface area contributed by atoms with Gasteiger partial charge in [-0.2, -0.15) is 0 Å². The smallest absolute Gasteiger partial charge is 0.251 e. The lowest BCUT2D eigenvalue weighted by Gasteiger charge is -2.41. The number of ether oxygens (including phenoxy) is 2. The van der Waals surface area contributed by atoms with E-state index in [2.05, 4.69) is 94.0 Å². The van der Waals surface area contributed by atoms with Gasteiger partial charge in [-0.3, -0.25) is 14.6 Å². The topological polar surface area (TPSA) is 74.3 Å². The van der Waals surface area contributed by atoms with Crippen molar-refractivity contribution in [3.8, 4) is 11.1 Å². The van der Waals surface area contributed by atoms with Crippen molar-refractivity contribution in [2.45, 2.75) is 44.6 Å². The van der Waals surface area contributed by atoms with E-state index in [0.717, 1.165) is 79.1 Å². The maximum absolute atomic E-state index is 12.6. The zero-order valence-corrected chi connectivity index (χ0v) is 28.4. The fraction of sp³-hybridized carbons (Fsp3) is 0.279. The molecule has 0 saturated carbocycles. The summed E-state index contributed by atoms with van der Waals surface area (Å²) in [5, 5.41) is 12.7. The number of hydrogen-bond acceptors (Lipinski definition) is 6. The summed E-state index contributed by atoms with van der Waals surface area (Å²) >= 11 is 0. The van der Waals surface area contributed by atoms with Crippen LogP contribution in [0.25, 0.3) is 11.1 Å². The number of amides is 1. The number of rotatable bonds is 11. The largest absolute Gasteiger partial charge is 0.392 e. The van der Waals surface area contributed by atoms with Gasteiger partial charge in [-0.1, -0.05) is 109 Å². The number of nitrogens with zero attached hydrogens (tertiary/aromatic N) is 2. The highest BCUT2D eigenvalue weighted by molar-refractivity contribution is 5.94. The van der Waals surface area contributed by atoms with Crippen molar-refractivity contribution in [2.75, 3.05) is 32.7 Å². The SMILES string of the molecule is O=C(NCc1cccc(-c2cccc(C3OC(CN4CCN(Cc5ccccc5)CC4)CC(c4ccc(CO)cc4)O3)c2)c1)c1ccccc1. The molecule has 7 nitrogen and oxygen atoms in total. The highest BCUT2D eigenvalue weighted by Crippen LogP contribution is 2.39. The maximum atomic E-state index is 12.6. The third-order valence-corrected chi connectivity index (χ3v) is 9.70. The number of nitrogens with one attached hydrogen (secondary N) is 1. The Labute approximate surface area is 295 Å². The van der Waals surface area contributed by atoms with E-state index in [9.17, 15) is 9.90 Å². The van der Waals surface area contributed by atoms with Crippen molar-refractivity contribution >= 4 is 5.91 Å². The van der Waals surface area contributed by atoms with Gasteiger partial charge in [-0.25, -0.2) is 0 Å². The summed E-state index contributed by atoms with van der Waals surface area (Å²) in [7, 11) is 0. The minimum atomic E-state index is -0.524. The molecule has 0 aliphatic carbocycles. The van der Waals surface area contributed by atoms with Crippen LogP contribution in [0.5, 0.6) is 0 Å². The number of hydrogen-bond donors (Lipinski definition) is 2. The summed E-state index contributed by atoms with van der Waals surface area (Å²) in [5.41, 5.74) is 8.11. The van der Waals surface area contributed by atoms with E-state index in [1.165, 1.54) is 5.56 Å². The first-order valence-electron chi connectivity index (χ1n) is 17.6. The van der Waals surface area contributed by atoms with E-state index >= 15 is 0 Å². The molecule has 5 aromatic carbocycles. The first-order valence-corrected chi connectivity index (χ1v) is 17.6. The molecule has 0 aromatic heterocycles. The first kappa shape index (κ1) is 33.8. The van der Waals surface area contributed by atoms with E-state index in [0.29, 0.717) is 12.1 Å². The van der Waals surface area contributed by atoms with E-state index in [-0.39, 0.29) is 24.7 Å². The molecule has 1 amide bonds. The zero-order valence-electron chi connectivity index (χ0n) is 28.4. The molecule has 3 unspecified atom stereocenters. The molecule has 3 atom stereocenters. The van der Waals surface area contributed by atoms with Crippen molar-refractivity contribution in [3.05, 3.63) is 167 Å². The molecule has 5 aromatic rings. The van der Waals surface area contributed by atoms with Gasteiger partial charge in [0.2, 0.25) is 0 Å². The molecule has 2 N–H and O–H groups in total. The molecule has 2 saturated heterocycles. The van der Waals surface area contributed by atoms with Gasteiger partial charge in [-0.15, -0.1) is 0 Å². The van der Waals surface area contributed by atoms with Crippen LogP contribution < -0.4 is 5.32 Å². The van der Waals surface area contributed by atoms with Crippen molar-refractivity contribution in [2.24, 2.45) is 0 Å². The second kappa shape index (κ2) is 16.4. The monoisotopic (exact) mass is 667 g/mol. The Hall–Kier alpha value is -4.63. The maximum Gasteiger partial charge on any atom is 0.251 e. The van der Waals surface area contributed by atoms with Crippen LogP contribution in [-0.4, -0.2) is 59.6 Å². The number of piperazine rings is 1. The lowest BCUT2D eigenvalue weighted by atomic mass is 9.98. The van der Waals surface area contributed by atoms with Crippen molar-refractivity contribution in [1.29, 1.82) is 0 Å². The van der Waals surface area contributed by atoms with Crippen LogP contribution in [0.1, 0.15) is 57.0 Å². The Balaban J connectivity index is 1.04. The zero-order chi connectivity index (χ0) is 34.1. The molecule has 256 valence electrons. The molecule has 50 heavy (non-hydrogen) atoms. The lowest BCUT2D eigenvalue weighted by Crippen LogP contribution is -2.49. The quantitative estimate of drug-likeness (QED) is 0.156. The van der Waals surface area contributed by atoms with Gasteiger partial charge in [-0.05, 0) is 57.6 Å². The summed E-state index contributed by atoms with van der Waals surface area (Å²) in [5.74, 6) is -0.0891. The van der Waals surface area contributed by atoms with Crippen molar-refractivity contribution in [3.63, 3.8) is 0 Å². The highest BCUT2D eigenvalue weighted by Gasteiger charge is 2.34. The molecule has 0 radical (unpaired) electrons. The molecule has 2 fully saturated rings. The van der Waals surface area contributed by atoms with Gasteiger partial charge < -0.3 is 19.9 Å². The number of carbonyl (C=O) groups is 1. The molecule has 2 aliphatic rings. The molecule has 7 rings (SSSR count). The first-order chi connectivity index (χ1) is 24.6. The average molecular weight is 668 g/mol. The Morgan fingerprint density at radius 2 is 1.32 bits per heavy atom. The molecule has 0 bridgehead atoms. The molecule has 0 spiro atoms. The fourth-order valence-electron chi connectivity index (χ4n) is 6.89. The van der Waals surface area contributed by atoms with Crippen molar-refractivity contribution in [1.82, 2.24) is 15.1 Å². The standard InChI is InChI=1S/C43H45N3O4/c47-31-33-17-19-35(20-18-33)41-27-40(30-46-23-21-45(22-24-46)29-32-9-3-1-4-10-32)49-43(50-41)39-16-8-15-38(26-39)37-14-7-11-34(25-37)28-44-42(48)36-12-5-2-6-13-36/h1-20,25-26,40-41,43,47H,21-24,27-31H2,(H,44,48). The minimum absolute atomic E-state index is 0.00264. The minimum Gasteiger partial charge on any atom is -0.392 e. The average Bonchev–Trinajstić information content (AvgIpc) is 3.18. The van der Waals surface area contributed by atoms with E-state index < -0.39 is 6.29 Å². The molecular formula is C43H45N3O4. The van der Waals surface area contributed by atoms with E-state index in [1.54, 1.807) is 0 Å². The van der Waals surface area contributed by atoms with Gasteiger partial charge in [0.15, 0.2) is 6.29 Å². The lowest BCUT2D eigenvalue weighted by molar-refractivity contribution is -0.253. The summed E-state index contributed by atoms with van der Waals surface area (Å²) < 4.78 is 13.4. The molecule has 2 heterocycles. The van der Waals surface area contributed by atoms with Crippen LogP contribution in [0, 0.1) is 0 Å². The normalized spacial score (nSPS) is 20.0. The van der Waals surface area contributed by atoms with Crippen LogP contribution >= 0.6 is 0 Å².